The number of hydrogen-bond acceptors (Lipinski definition) is 3. The second kappa shape index (κ2) is 6.17. The number of aliphatic hydroxyl groups is 1. The molecule has 1 atom stereocenters. The lowest BCUT2D eigenvalue weighted by Crippen LogP contribution is -2.36. The fourth-order valence-electron chi connectivity index (χ4n) is 2.69. The highest BCUT2D eigenvalue weighted by molar-refractivity contribution is 4.92. The van der Waals surface area contributed by atoms with Gasteiger partial charge in [-0.25, -0.2) is 4.98 Å². The molecule has 0 radical (unpaired) electrons. The number of piperidine rings is 1. The van der Waals surface area contributed by atoms with Crippen molar-refractivity contribution in [2.24, 2.45) is 5.92 Å². The van der Waals surface area contributed by atoms with Gasteiger partial charge in [0.2, 0.25) is 0 Å². The van der Waals surface area contributed by atoms with Gasteiger partial charge in [0.05, 0.1) is 6.54 Å². The fraction of sp³-hybridized carbons (Fsp3) is 0.769. The molecule has 0 spiro atoms. The van der Waals surface area contributed by atoms with Crippen LogP contribution in [-0.2, 0) is 13.1 Å². The number of hydrogen-bond donors (Lipinski definition) is 1. The highest BCUT2D eigenvalue weighted by atomic mass is 16.3. The first-order chi connectivity index (χ1) is 8.33. The van der Waals surface area contributed by atoms with Crippen molar-refractivity contribution in [1.82, 2.24) is 14.5 Å². The molecule has 1 N–H and O–H groups in total. The summed E-state index contributed by atoms with van der Waals surface area (Å²) in [5.41, 5.74) is 0. The van der Waals surface area contributed by atoms with E-state index in [1.807, 2.05) is 12.4 Å². The molecule has 0 bridgehead atoms. The average Bonchev–Trinajstić information content (AvgIpc) is 2.77. The molecule has 0 aliphatic carbocycles. The summed E-state index contributed by atoms with van der Waals surface area (Å²) < 4.78 is 2.20. The van der Waals surface area contributed by atoms with Crippen molar-refractivity contribution in [3.8, 4) is 0 Å². The number of aliphatic hydroxyl groups excluding tert-OH is 1. The lowest BCUT2D eigenvalue weighted by atomic mass is 9.95. The number of nitrogens with zero attached hydrogens (tertiary/aromatic N) is 3. The molecular weight excluding hydrogens is 214 g/mol. The summed E-state index contributed by atoms with van der Waals surface area (Å²) in [6.45, 7) is 6.68. The summed E-state index contributed by atoms with van der Waals surface area (Å²) >= 11 is 0. The average molecular weight is 237 g/mol. The van der Waals surface area contributed by atoms with Gasteiger partial charge in [-0.05, 0) is 38.6 Å². The summed E-state index contributed by atoms with van der Waals surface area (Å²) in [6.07, 6.45) is 7.38. The van der Waals surface area contributed by atoms with Crippen molar-refractivity contribution in [2.45, 2.75) is 39.3 Å². The van der Waals surface area contributed by atoms with Crippen LogP contribution in [0, 0.1) is 5.92 Å². The van der Waals surface area contributed by atoms with Crippen LogP contribution >= 0.6 is 0 Å². The number of likely N-dealkylation sites (tertiary alicyclic amines) is 1. The van der Waals surface area contributed by atoms with E-state index >= 15 is 0 Å². The molecule has 1 aliphatic rings. The van der Waals surface area contributed by atoms with Gasteiger partial charge in [-0.1, -0.05) is 0 Å². The Hall–Kier alpha value is -0.870. The van der Waals surface area contributed by atoms with Gasteiger partial charge in [0, 0.05) is 32.1 Å². The van der Waals surface area contributed by atoms with Crippen LogP contribution in [0.1, 0.15) is 32.0 Å². The van der Waals surface area contributed by atoms with Crippen molar-refractivity contribution in [1.29, 1.82) is 0 Å². The summed E-state index contributed by atoms with van der Waals surface area (Å²) in [4.78, 5) is 6.89. The Balaban J connectivity index is 1.90. The minimum absolute atomic E-state index is 0.322. The van der Waals surface area contributed by atoms with E-state index in [1.54, 1.807) is 0 Å². The van der Waals surface area contributed by atoms with Gasteiger partial charge < -0.3 is 9.67 Å². The van der Waals surface area contributed by atoms with E-state index in [1.165, 1.54) is 19.4 Å². The third-order valence-corrected chi connectivity index (χ3v) is 3.65. The van der Waals surface area contributed by atoms with Crippen molar-refractivity contribution in [2.75, 3.05) is 19.7 Å². The van der Waals surface area contributed by atoms with Crippen molar-refractivity contribution >= 4 is 0 Å². The van der Waals surface area contributed by atoms with Gasteiger partial charge in [-0.2, -0.15) is 0 Å². The van der Waals surface area contributed by atoms with Crippen molar-refractivity contribution < 1.29 is 5.11 Å². The lowest BCUT2D eigenvalue weighted by molar-refractivity contribution is 0.139. The maximum Gasteiger partial charge on any atom is 0.122 e. The monoisotopic (exact) mass is 237 g/mol. The van der Waals surface area contributed by atoms with Crippen molar-refractivity contribution in [3.05, 3.63) is 18.2 Å². The Morgan fingerprint density at radius 1 is 1.53 bits per heavy atom. The van der Waals surface area contributed by atoms with Crippen LogP contribution in [0.3, 0.4) is 0 Å². The molecule has 4 nitrogen and oxygen atoms in total. The SMILES string of the molecule is CCn1ccnc1CN1CCCC(CCO)C1. The first-order valence-electron chi connectivity index (χ1n) is 6.66. The third kappa shape index (κ3) is 3.30. The molecule has 1 saturated heterocycles. The van der Waals surface area contributed by atoms with Gasteiger partial charge in [0.1, 0.15) is 5.82 Å². The van der Waals surface area contributed by atoms with Crippen LogP contribution in [0.25, 0.3) is 0 Å². The van der Waals surface area contributed by atoms with E-state index in [0.717, 1.165) is 31.9 Å². The normalized spacial score (nSPS) is 21.9. The molecule has 0 aromatic carbocycles. The number of imidazole rings is 1. The maximum atomic E-state index is 9.01. The predicted molar refractivity (Wildman–Crippen MR) is 67.6 cm³/mol. The summed E-state index contributed by atoms with van der Waals surface area (Å²) in [5.74, 6) is 1.83. The van der Waals surface area contributed by atoms with Crippen LogP contribution in [0.5, 0.6) is 0 Å². The van der Waals surface area contributed by atoms with Crippen molar-refractivity contribution in [3.63, 3.8) is 0 Å². The topological polar surface area (TPSA) is 41.3 Å². The van der Waals surface area contributed by atoms with E-state index in [0.29, 0.717) is 12.5 Å². The van der Waals surface area contributed by atoms with E-state index in [-0.39, 0.29) is 0 Å². The minimum atomic E-state index is 0.322. The Morgan fingerprint density at radius 2 is 2.41 bits per heavy atom. The van der Waals surface area contributed by atoms with Gasteiger partial charge in [-0.15, -0.1) is 0 Å². The Kier molecular flexibility index (Phi) is 4.57. The zero-order valence-corrected chi connectivity index (χ0v) is 10.7. The van der Waals surface area contributed by atoms with Gasteiger partial charge >= 0.3 is 0 Å². The zero-order chi connectivity index (χ0) is 12.1. The Bertz CT molecular complexity index is 335. The highest BCUT2D eigenvalue weighted by Crippen LogP contribution is 2.20. The molecule has 1 fully saturated rings. The second-order valence-corrected chi connectivity index (χ2v) is 4.89. The predicted octanol–water partition coefficient (Wildman–Crippen LogP) is 1.50. The first kappa shape index (κ1) is 12.6. The number of rotatable bonds is 5. The minimum Gasteiger partial charge on any atom is -0.396 e. The molecule has 1 aromatic rings. The molecule has 1 aliphatic heterocycles. The molecule has 96 valence electrons. The molecule has 2 heterocycles. The van der Waals surface area contributed by atoms with Gasteiger partial charge in [0.15, 0.2) is 0 Å². The van der Waals surface area contributed by atoms with Crippen LogP contribution in [0.2, 0.25) is 0 Å². The zero-order valence-electron chi connectivity index (χ0n) is 10.7. The molecule has 4 heteroatoms. The fourth-order valence-corrected chi connectivity index (χ4v) is 2.69. The maximum absolute atomic E-state index is 9.01. The van der Waals surface area contributed by atoms with Gasteiger partial charge in [-0.3, -0.25) is 4.90 Å². The highest BCUT2D eigenvalue weighted by Gasteiger charge is 2.20. The van der Waals surface area contributed by atoms with Crippen LogP contribution < -0.4 is 0 Å². The molecule has 0 saturated carbocycles. The molecule has 17 heavy (non-hydrogen) atoms. The molecule has 1 unspecified atom stereocenters. The molecule has 0 amide bonds. The standard InChI is InChI=1S/C13H23N3O/c1-2-16-8-6-14-13(16)11-15-7-3-4-12(10-15)5-9-17/h6,8,12,17H,2-5,7,9-11H2,1H3. The summed E-state index contributed by atoms with van der Waals surface area (Å²) in [6, 6.07) is 0. The smallest absolute Gasteiger partial charge is 0.122 e. The summed E-state index contributed by atoms with van der Waals surface area (Å²) in [5, 5.41) is 9.01. The van der Waals surface area contributed by atoms with E-state index in [9.17, 15) is 0 Å². The van der Waals surface area contributed by atoms with E-state index in [4.69, 9.17) is 5.11 Å². The Morgan fingerprint density at radius 3 is 3.18 bits per heavy atom. The first-order valence-corrected chi connectivity index (χ1v) is 6.66. The molecular formula is C13H23N3O. The Labute approximate surface area is 103 Å². The third-order valence-electron chi connectivity index (χ3n) is 3.65. The van der Waals surface area contributed by atoms with Crippen LogP contribution in [-0.4, -0.2) is 39.3 Å². The largest absolute Gasteiger partial charge is 0.396 e. The van der Waals surface area contributed by atoms with Gasteiger partial charge in [0.25, 0.3) is 0 Å². The van der Waals surface area contributed by atoms with E-state index in [2.05, 4.69) is 21.4 Å². The lowest BCUT2D eigenvalue weighted by Gasteiger charge is -2.32. The molecule has 1 aromatic heterocycles. The quantitative estimate of drug-likeness (QED) is 0.843. The number of aryl methyl sites for hydroxylation is 1. The number of aromatic nitrogens is 2. The van der Waals surface area contributed by atoms with Crippen LogP contribution in [0.15, 0.2) is 12.4 Å². The van der Waals surface area contributed by atoms with E-state index < -0.39 is 0 Å². The molecule has 2 rings (SSSR count). The summed E-state index contributed by atoms with van der Waals surface area (Å²) in [7, 11) is 0. The van der Waals surface area contributed by atoms with Crippen LogP contribution in [0.4, 0.5) is 0 Å². The second-order valence-electron chi connectivity index (χ2n) is 4.89.